The predicted molar refractivity (Wildman–Crippen MR) is 103 cm³/mol. The highest BCUT2D eigenvalue weighted by atomic mass is 19.4. The molecule has 0 saturated heterocycles. The van der Waals surface area contributed by atoms with Crippen LogP contribution in [-0.4, -0.2) is 31.1 Å². The smallest absolute Gasteiger partial charge is 0.416 e. The zero-order valence-electron chi connectivity index (χ0n) is 16.2. The van der Waals surface area contributed by atoms with Crippen molar-refractivity contribution in [2.24, 2.45) is 0 Å². The lowest BCUT2D eigenvalue weighted by atomic mass is 9.88. The van der Waals surface area contributed by atoms with E-state index in [-0.39, 0.29) is 5.92 Å². The molecule has 2 aromatic rings. The summed E-state index contributed by atoms with van der Waals surface area (Å²) in [6.45, 7) is 9.83. The van der Waals surface area contributed by atoms with Crippen LogP contribution in [0.4, 0.5) is 13.2 Å². The van der Waals surface area contributed by atoms with Crippen molar-refractivity contribution in [3.05, 3.63) is 65.2 Å². The Morgan fingerprint density at radius 1 is 0.852 bits per heavy atom. The molecule has 0 heterocycles. The highest BCUT2D eigenvalue weighted by molar-refractivity contribution is 5.37. The van der Waals surface area contributed by atoms with Crippen LogP contribution in [0.1, 0.15) is 49.8 Å². The van der Waals surface area contributed by atoms with E-state index in [1.807, 2.05) is 31.2 Å². The number of likely N-dealkylation sites (N-methyl/N-ethyl adjacent to an activating group) is 1. The first-order valence-corrected chi connectivity index (χ1v) is 9.51. The molecule has 0 aliphatic heterocycles. The number of hydrogen-bond donors (Lipinski definition) is 0. The van der Waals surface area contributed by atoms with Gasteiger partial charge < -0.3 is 9.64 Å². The van der Waals surface area contributed by atoms with Crippen molar-refractivity contribution >= 4 is 0 Å². The minimum Gasteiger partial charge on any atom is -0.492 e. The molecule has 0 fully saturated rings. The molecule has 0 saturated carbocycles. The fourth-order valence-corrected chi connectivity index (χ4v) is 3.20. The first-order valence-electron chi connectivity index (χ1n) is 9.51. The normalized spacial score (nSPS) is 13.0. The van der Waals surface area contributed by atoms with Crippen LogP contribution in [0, 0.1) is 0 Å². The number of hydrogen-bond acceptors (Lipinski definition) is 2. The molecule has 5 heteroatoms. The zero-order valence-corrected chi connectivity index (χ0v) is 16.2. The average molecular weight is 379 g/mol. The van der Waals surface area contributed by atoms with Crippen molar-refractivity contribution < 1.29 is 17.9 Å². The number of ether oxygens (including phenoxy) is 1. The number of nitrogens with zero attached hydrogens (tertiary/aromatic N) is 1. The second kappa shape index (κ2) is 9.79. The monoisotopic (exact) mass is 379 g/mol. The topological polar surface area (TPSA) is 12.5 Å². The molecule has 2 aromatic carbocycles. The third-order valence-electron chi connectivity index (χ3n) is 4.90. The van der Waals surface area contributed by atoms with Crippen LogP contribution in [0.2, 0.25) is 0 Å². The summed E-state index contributed by atoms with van der Waals surface area (Å²) in [6, 6.07) is 13.3. The second-order valence-electron chi connectivity index (χ2n) is 6.52. The van der Waals surface area contributed by atoms with E-state index in [0.29, 0.717) is 6.61 Å². The van der Waals surface area contributed by atoms with Crippen molar-refractivity contribution in [1.29, 1.82) is 0 Å². The van der Waals surface area contributed by atoms with Gasteiger partial charge in [-0.15, -0.1) is 0 Å². The maximum atomic E-state index is 12.8. The molecule has 1 atom stereocenters. The molecule has 0 bridgehead atoms. The number of rotatable bonds is 9. The molecule has 0 radical (unpaired) electrons. The molecule has 2 nitrogen and oxygen atoms in total. The molecule has 0 aliphatic carbocycles. The maximum Gasteiger partial charge on any atom is 0.416 e. The Bertz CT molecular complexity index is 676. The molecule has 148 valence electrons. The minimum absolute atomic E-state index is 0.0667. The van der Waals surface area contributed by atoms with Gasteiger partial charge in [-0.25, -0.2) is 0 Å². The van der Waals surface area contributed by atoms with Crippen LogP contribution in [0.5, 0.6) is 5.75 Å². The van der Waals surface area contributed by atoms with Gasteiger partial charge >= 0.3 is 6.18 Å². The van der Waals surface area contributed by atoms with Gasteiger partial charge in [0.15, 0.2) is 0 Å². The van der Waals surface area contributed by atoms with Crippen LogP contribution < -0.4 is 4.74 Å². The lowest BCUT2D eigenvalue weighted by Crippen LogP contribution is -2.27. The highest BCUT2D eigenvalue weighted by Gasteiger charge is 2.30. The quantitative estimate of drug-likeness (QED) is 0.532. The maximum absolute atomic E-state index is 12.8. The Labute approximate surface area is 160 Å². The first-order chi connectivity index (χ1) is 12.9. The SMILES string of the molecule is CCC(c1ccc(OCCN(CC)CC)cc1)c1ccc(C(F)(F)F)cc1. The van der Waals surface area contributed by atoms with E-state index in [1.54, 1.807) is 12.1 Å². The third kappa shape index (κ3) is 5.99. The zero-order chi connectivity index (χ0) is 19.9. The van der Waals surface area contributed by atoms with Crippen molar-refractivity contribution in [1.82, 2.24) is 4.90 Å². The van der Waals surface area contributed by atoms with Gasteiger partial charge in [0.05, 0.1) is 5.56 Å². The average Bonchev–Trinajstić information content (AvgIpc) is 2.67. The van der Waals surface area contributed by atoms with E-state index >= 15 is 0 Å². The molecule has 0 aliphatic rings. The Balaban J connectivity index is 2.03. The third-order valence-corrected chi connectivity index (χ3v) is 4.90. The summed E-state index contributed by atoms with van der Waals surface area (Å²) in [4.78, 5) is 2.30. The van der Waals surface area contributed by atoms with E-state index in [4.69, 9.17) is 4.74 Å². The largest absolute Gasteiger partial charge is 0.492 e. The summed E-state index contributed by atoms with van der Waals surface area (Å²) in [7, 11) is 0. The van der Waals surface area contributed by atoms with Gasteiger partial charge in [-0.3, -0.25) is 0 Å². The van der Waals surface area contributed by atoms with Crippen LogP contribution in [0.15, 0.2) is 48.5 Å². The van der Waals surface area contributed by atoms with Crippen LogP contribution in [0.3, 0.4) is 0 Å². The van der Waals surface area contributed by atoms with E-state index < -0.39 is 11.7 Å². The molecule has 2 rings (SSSR count). The van der Waals surface area contributed by atoms with Crippen molar-refractivity contribution in [2.45, 2.75) is 39.3 Å². The van der Waals surface area contributed by atoms with Gasteiger partial charge in [0.1, 0.15) is 12.4 Å². The molecular weight excluding hydrogens is 351 g/mol. The summed E-state index contributed by atoms with van der Waals surface area (Å²) in [6.07, 6.45) is -3.49. The van der Waals surface area contributed by atoms with Gasteiger partial charge in [-0.05, 0) is 54.9 Å². The van der Waals surface area contributed by atoms with E-state index in [9.17, 15) is 13.2 Å². The summed E-state index contributed by atoms with van der Waals surface area (Å²) >= 11 is 0. The van der Waals surface area contributed by atoms with E-state index in [1.165, 1.54) is 0 Å². The standard InChI is InChI=1S/C22H28F3NO/c1-4-21(17-7-11-19(12-8-17)22(23,24)25)18-9-13-20(14-10-18)27-16-15-26(5-2)6-3/h7-14,21H,4-6,15-16H2,1-3H3. The Morgan fingerprint density at radius 3 is 1.81 bits per heavy atom. The minimum atomic E-state index is -4.30. The number of alkyl halides is 3. The summed E-state index contributed by atoms with van der Waals surface area (Å²) in [5.41, 5.74) is 1.35. The summed E-state index contributed by atoms with van der Waals surface area (Å²) in [5, 5.41) is 0. The lowest BCUT2D eigenvalue weighted by Gasteiger charge is -2.19. The Hall–Kier alpha value is -2.01. The molecular formula is C22H28F3NO. The summed E-state index contributed by atoms with van der Waals surface area (Å²) in [5.74, 6) is 0.880. The second-order valence-corrected chi connectivity index (χ2v) is 6.52. The molecule has 0 N–H and O–H groups in total. The van der Waals surface area contributed by atoms with Crippen LogP contribution in [-0.2, 0) is 6.18 Å². The number of benzene rings is 2. The van der Waals surface area contributed by atoms with Gasteiger partial charge in [0.25, 0.3) is 0 Å². The van der Waals surface area contributed by atoms with Gasteiger partial charge in [0, 0.05) is 12.5 Å². The fourth-order valence-electron chi connectivity index (χ4n) is 3.20. The van der Waals surface area contributed by atoms with Gasteiger partial charge in [0.2, 0.25) is 0 Å². The fraction of sp³-hybridized carbons (Fsp3) is 0.455. The van der Waals surface area contributed by atoms with Crippen molar-refractivity contribution in [2.75, 3.05) is 26.2 Å². The van der Waals surface area contributed by atoms with Gasteiger partial charge in [-0.1, -0.05) is 45.0 Å². The first kappa shape index (κ1) is 21.3. The van der Waals surface area contributed by atoms with E-state index in [0.717, 1.165) is 55.1 Å². The van der Waals surface area contributed by atoms with Crippen LogP contribution in [0.25, 0.3) is 0 Å². The highest BCUT2D eigenvalue weighted by Crippen LogP contribution is 2.33. The number of halogens is 3. The molecule has 0 spiro atoms. The van der Waals surface area contributed by atoms with Gasteiger partial charge in [-0.2, -0.15) is 13.2 Å². The Morgan fingerprint density at radius 2 is 1.37 bits per heavy atom. The Kier molecular flexibility index (Phi) is 7.72. The van der Waals surface area contributed by atoms with Crippen molar-refractivity contribution in [3.63, 3.8) is 0 Å². The summed E-state index contributed by atoms with van der Waals surface area (Å²) < 4.78 is 44.1. The lowest BCUT2D eigenvalue weighted by molar-refractivity contribution is -0.137. The van der Waals surface area contributed by atoms with E-state index in [2.05, 4.69) is 18.7 Å². The molecule has 0 aromatic heterocycles. The molecule has 0 amide bonds. The van der Waals surface area contributed by atoms with Crippen molar-refractivity contribution in [3.8, 4) is 5.75 Å². The molecule has 1 unspecified atom stereocenters. The predicted octanol–water partition coefficient (Wildman–Crippen LogP) is 5.97. The van der Waals surface area contributed by atoms with Crippen LogP contribution >= 0.6 is 0 Å². The molecule has 27 heavy (non-hydrogen) atoms.